The van der Waals surface area contributed by atoms with Gasteiger partial charge in [-0.3, -0.25) is 14.4 Å². The summed E-state index contributed by atoms with van der Waals surface area (Å²) >= 11 is 0. The molecule has 1 aromatic carbocycles. The SMILES string of the molecule is CC(C)CN(C(=O)c1nc2ccccc2n1CCC(N)=O)[C@H]1C[C@@H](C(=O)N2CCOCC2)CN(C(=O)O)C1C(C)(C)C. The van der Waals surface area contributed by atoms with Gasteiger partial charge in [0.05, 0.1) is 42.2 Å². The highest BCUT2D eigenvalue weighted by Crippen LogP contribution is 2.38. The molecule has 0 bridgehead atoms. The van der Waals surface area contributed by atoms with E-state index in [1.165, 1.54) is 4.90 Å². The first kappa shape index (κ1) is 31.3. The van der Waals surface area contributed by atoms with Crippen LogP contribution in [0.15, 0.2) is 24.3 Å². The summed E-state index contributed by atoms with van der Waals surface area (Å²) in [5, 5.41) is 10.4. The molecule has 230 valence electrons. The maximum atomic E-state index is 14.6. The fourth-order valence-electron chi connectivity index (χ4n) is 6.39. The van der Waals surface area contributed by atoms with Crippen molar-refractivity contribution in [3.63, 3.8) is 0 Å². The summed E-state index contributed by atoms with van der Waals surface area (Å²) in [5.41, 5.74) is 6.23. The number of benzene rings is 1. The van der Waals surface area contributed by atoms with E-state index in [1.807, 2.05) is 52.8 Å². The van der Waals surface area contributed by atoms with Crippen molar-refractivity contribution in [1.29, 1.82) is 0 Å². The van der Waals surface area contributed by atoms with Crippen LogP contribution < -0.4 is 5.73 Å². The Hall–Kier alpha value is -3.67. The standard InChI is InChI=1S/C30H44N6O6/c1-19(2)17-35(28(39)26-32-21-8-6-7-9-22(21)34(26)11-10-24(31)37)23-16-20(27(38)33-12-14-42-15-13-33)18-36(29(40)41)25(23)30(3,4)5/h6-9,19-20,23,25H,10-18H2,1-5H3,(H2,31,37)(H,40,41)/t20-,23+,25?/m1/s1. The van der Waals surface area contributed by atoms with Crippen LogP contribution >= 0.6 is 0 Å². The molecule has 2 aliphatic heterocycles. The largest absolute Gasteiger partial charge is 0.465 e. The smallest absolute Gasteiger partial charge is 0.407 e. The van der Waals surface area contributed by atoms with E-state index < -0.39 is 35.4 Å². The molecule has 0 spiro atoms. The zero-order valence-electron chi connectivity index (χ0n) is 25.3. The molecule has 3 N–H and O–H groups in total. The number of nitrogens with zero attached hydrogens (tertiary/aromatic N) is 5. The fourth-order valence-corrected chi connectivity index (χ4v) is 6.39. The first-order valence-electron chi connectivity index (χ1n) is 14.7. The lowest BCUT2D eigenvalue weighted by Gasteiger charge is -2.52. The molecule has 0 saturated carbocycles. The molecule has 2 fully saturated rings. The predicted octanol–water partition coefficient (Wildman–Crippen LogP) is 2.65. The van der Waals surface area contributed by atoms with Gasteiger partial charge in [0.25, 0.3) is 5.91 Å². The van der Waals surface area contributed by atoms with Crippen molar-refractivity contribution in [2.75, 3.05) is 39.4 Å². The summed E-state index contributed by atoms with van der Waals surface area (Å²) in [6.45, 7) is 12.2. The molecule has 1 aromatic heterocycles. The van der Waals surface area contributed by atoms with Gasteiger partial charge in [-0.1, -0.05) is 46.8 Å². The number of likely N-dealkylation sites (tertiary alicyclic amines) is 1. The molecular formula is C30H44N6O6. The highest BCUT2D eigenvalue weighted by Gasteiger charge is 2.50. The van der Waals surface area contributed by atoms with E-state index in [2.05, 4.69) is 4.98 Å². The van der Waals surface area contributed by atoms with Crippen LogP contribution in [0.2, 0.25) is 0 Å². The van der Waals surface area contributed by atoms with Gasteiger partial charge in [-0.25, -0.2) is 9.78 Å². The Morgan fingerprint density at radius 2 is 1.81 bits per heavy atom. The van der Waals surface area contributed by atoms with Crippen LogP contribution in [0.25, 0.3) is 11.0 Å². The number of hydrogen-bond donors (Lipinski definition) is 2. The lowest BCUT2D eigenvalue weighted by molar-refractivity contribution is -0.144. The second kappa shape index (κ2) is 12.7. The van der Waals surface area contributed by atoms with Crippen molar-refractivity contribution in [3.8, 4) is 0 Å². The lowest BCUT2D eigenvalue weighted by atomic mass is 9.74. The topological polar surface area (TPSA) is 151 Å². The van der Waals surface area contributed by atoms with E-state index in [0.717, 1.165) is 0 Å². The molecule has 4 amide bonds. The van der Waals surface area contributed by atoms with Crippen molar-refractivity contribution >= 4 is 34.8 Å². The van der Waals surface area contributed by atoms with Gasteiger partial charge in [-0.05, 0) is 29.9 Å². The summed E-state index contributed by atoms with van der Waals surface area (Å²) in [6.07, 6.45) is -0.769. The van der Waals surface area contributed by atoms with Gasteiger partial charge in [-0.15, -0.1) is 0 Å². The Morgan fingerprint density at radius 1 is 1.14 bits per heavy atom. The average molecular weight is 585 g/mol. The molecule has 4 rings (SSSR count). The van der Waals surface area contributed by atoms with E-state index in [4.69, 9.17) is 10.5 Å². The van der Waals surface area contributed by atoms with E-state index in [-0.39, 0.29) is 43.1 Å². The average Bonchev–Trinajstić information content (AvgIpc) is 3.31. The molecule has 12 nitrogen and oxygen atoms in total. The molecule has 2 aromatic rings. The number of hydrogen-bond acceptors (Lipinski definition) is 6. The van der Waals surface area contributed by atoms with Crippen molar-refractivity contribution in [2.45, 2.75) is 66.1 Å². The van der Waals surface area contributed by atoms with Crippen molar-refractivity contribution < 1.29 is 29.0 Å². The number of carbonyl (C=O) groups excluding carboxylic acids is 3. The van der Waals surface area contributed by atoms with E-state index in [1.54, 1.807) is 20.4 Å². The number of para-hydroxylation sites is 2. The number of carbonyl (C=O) groups is 4. The third kappa shape index (κ3) is 6.69. The number of amides is 4. The van der Waals surface area contributed by atoms with Gasteiger partial charge in [0.1, 0.15) is 0 Å². The predicted molar refractivity (Wildman–Crippen MR) is 157 cm³/mol. The number of nitrogens with two attached hydrogens (primary N) is 1. The molecule has 2 saturated heterocycles. The van der Waals surface area contributed by atoms with Gasteiger partial charge in [0.2, 0.25) is 11.8 Å². The number of aromatic nitrogens is 2. The molecule has 0 aliphatic carbocycles. The van der Waals surface area contributed by atoms with Crippen molar-refractivity contribution in [1.82, 2.24) is 24.3 Å². The molecule has 0 radical (unpaired) electrons. The highest BCUT2D eigenvalue weighted by atomic mass is 16.5. The summed E-state index contributed by atoms with van der Waals surface area (Å²) < 4.78 is 7.14. The number of imidazole rings is 1. The molecule has 3 heterocycles. The zero-order valence-corrected chi connectivity index (χ0v) is 25.3. The number of aryl methyl sites for hydroxylation is 1. The third-order valence-corrected chi connectivity index (χ3v) is 8.10. The van der Waals surface area contributed by atoms with Crippen LogP contribution in [0.4, 0.5) is 4.79 Å². The number of piperidine rings is 1. The van der Waals surface area contributed by atoms with Crippen LogP contribution in [0.3, 0.4) is 0 Å². The Balaban J connectivity index is 1.81. The van der Waals surface area contributed by atoms with E-state index in [0.29, 0.717) is 50.3 Å². The number of ether oxygens (including phenoxy) is 1. The maximum absolute atomic E-state index is 14.6. The van der Waals surface area contributed by atoms with Crippen LogP contribution in [-0.4, -0.2) is 105 Å². The number of fused-ring (bicyclic) bond motifs is 1. The number of carboxylic acid groups (broad SMARTS) is 1. The highest BCUT2D eigenvalue weighted by molar-refractivity contribution is 5.95. The number of rotatable bonds is 8. The second-order valence-electron chi connectivity index (χ2n) is 12.8. The van der Waals surface area contributed by atoms with E-state index in [9.17, 15) is 24.3 Å². The van der Waals surface area contributed by atoms with Crippen LogP contribution in [0, 0.1) is 17.3 Å². The molecule has 2 aliphatic rings. The Bertz CT molecular complexity index is 1310. The van der Waals surface area contributed by atoms with Crippen LogP contribution in [0.1, 0.15) is 58.1 Å². The van der Waals surface area contributed by atoms with Gasteiger partial charge in [-0.2, -0.15) is 0 Å². The summed E-state index contributed by atoms with van der Waals surface area (Å²) in [5.74, 6) is -1.38. The molecular weight excluding hydrogens is 540 g/mol. The lowest BCUT2D eigenvalue weighted by Crippen LogP contribution is -2.66. The van der Waals surface area contributed by atoms with E-state index >= 15 is 0 Å². The summed E-state index contributed by atoms with van der Waals surface area (Å²) in [4.78, 5) is 62.2. The molecule has 12 heteroatoms. The molecule has 3 atom stereocenters. The normalized spacial score (nSPS) is 21.5. The Labute approximate surface area is 246 Å². The minimum Gasteiger partial charge on any atom is -0.465 e. The minimum absolute atomic E-state index is 0.0295. The van der Waals surface area contributed by atoms with Gasteiger partial charge < -0.3 is 34.8 Å². The van der Waals surface area contributed by atoms with Gasteiger partial charge >= 0.3 is 6.09 Å². The Morgan fingerprint density at radius 3 is 2.40 bits per heavy atom. The minimum atomic E-state index is -1.12. The first-order valence-corrected chi connectivity index (χ1v) is 14.7. The maximum Gasteiger partial charge on any atom is 0.407 e. The fraction of sp³-hybridized carbons (Fsp3) is 0.633. The van der Waals surface area contributed by atoms with Crippen LogP contribution in [-0.2, 0) is 20.9 Å². The quantitative estimate of drug-likeness (QED) is 0.484. The third-order valence-electron chi connectivity index (χ3n) is 8.10. The molecule has 42 heavy (non-hydrogen) atoms. The van der Waals surface area contributed by atoms with Crippen molar-refractivity contribution in [2.24, 2.45) is 23.0 Å². The molecule has 1 unspecified atom stereocenters. The Kier molecular flexibility index (Phi) is 9.44. The number of primary amides is 1. The van der Waals surface area contributed by atoms with Crippen LogP contribution in [0.5, 0.6) is 0 Å². The summed E-state index contributed by atoms with van der Waals surface area (Å²) in [7, 11) is 0. The first-order chi connectivity index (χ1) is 19.8. The second-order valence-corrected chi connectivity index (χ2v) is 12.8. The monoisotopic (exact) mass is 584 g/mol. The van der Waals surface area contributed by atoms with Crippen molar-refractivity contribution in [3.05, 3.63) is 30.1 Å². The van der Waals surface area contributed by atoms with Gasteiger partial charge in [0.15, 0.2) is 5.82 Å². The van der Waals surface area contributed by atoms with Gasteiger partial charge in [0, 0.05) is 39.1 Å². The summed E-state index contributed by atoms with van der Waals surface area (Å²) in [6, 6.07) is 6.15. The zero-order chi connectivity index (χ0) is 30.8. The number of morpholine rings is 1.